The second-order valence-corrected chi connectivity index (χ2v) is 7.63. The predicted octanol–water partition coefficient (Wildman–Crippen LogP) is 1.56. The van der Waals surface area contributed by atoms with Crippen molar-refractivity contribution in [1.29, 1.82) is 0 Å². The molecule has 1 heterocycles. The van der Waals surface area contributed by atoms with Gasteiger partial charge in [0.2, 0.25) is 0 Å². The molecule has 2 aromatic rings. The highest BCUT2D eigenvalue weighted by Gasteiger charge is 2.37. The van der Waals surface area contributed by atoms with Gasteiger partial charge in [0, 0.05) is 13.6 Å². The molecule has 0 radical (unpaired) electrons. The minimum absolute atomic E-state index is 0. The fourth-order valence-corrected chi connectivity index (χ4v) is 3.90. The molecular weight excluding hydrogens is 380 g/mol. The normalized spacial score (nSPS) is 17.2. The molecule has 0 saturated carbocycles. The lowest BCUT2D eigenvalue weighted by Crippen LogP contribution is -3.00. The van der Waals surface area contributed by atoms with Crippen LogP contribution in [-0.2, 0) is 11.2 Å². The summed E-state index contributed by atoms with van der Waals surface area (Å²) in [5, 5.41) is 0. The topological polar surface area (TPSA) is 15.7 Å². The molecule has 0 saturated heterocycles. The van der Waals surface area contributed by atoms with Crippen molar-refractivity contribution in [2.24, 2.45) is 0 Å². The fourth-order valence-electron chi connectivity index (χ4n) is 3.90. The average molecular weight is 407 g/mol. The first kappa shape index (κ1) is 21.1. The summed E-state index contributed by atoms with van der Waals surface area (Å²) >= 11 is 0. The number of anilines is 1. The largest absolute Gasteiger partial charge is 1.00 e. The van der Waals surface area contributed by atoms with Gasteiger partial charge in [-0.2, -0.15) is 0 Å². The first-order valence-corrected chi connectivity index (χ1v) is 9.84. The van der Waals surface area contributed by atoms with Gasteiger partial charge in [-0.25, -0.2) is 0 Å². The van der Waals surface area contributed by atoms with Gasteiger partial charge in [0.05, 0.1) is 29.8 Å². The molecule has 1 atom stereocenters. The van der Waals surface area contributed by atoms with Gasteiger partial charge in [-0.1, -0.05) is 48.5 Å². The third-order valence-electron chi connectivity index (χ3n) is 5.39. The monoisotopic (exact) mass is 406 g/mol. The van der Waals surface area contributed by atoms with E-state index in [2.05, 4.69) is 97.7 Å². The quantitative estimate of drug-likeness (QED) is 0.677. The molecule has 0 spiro atoms. The molecule has 3 nitrogen and oxygen atoms in total. The molecule has 4 rings (SSSR count). The number of benzene rings is 2. The SMILES string of the molecule is CN(C)CCOC1=[C+]C2=C(C=C1)N(C)c1ccccc1C2Cc1ccccc1.[Cl-]. The number of ether oxygens (including phenoxy) is 1. The Balaban J connectivity index is 0.00000240. The molecule has 0 fully saturated rings. The first-order valence-electron chi connectivity index (χ1n) is 9.84. The van der Waals surface area contributed by atoms with E-state index in [1.165, 1.54) is 28.1 Å². The molecule has 0 bridgehead atoms. The summed E-state index contributed by atoms with van der Waals surface area (Å²) < 4.78 is 5.99. The third kappa shape index (κ3) is 4.54. The van der Waals surface area contributed by atoms with Crippen molar-refractivity contribution in [2.45, 2.75) is 12.3 Å². The first-order chi connectivity index (χ1) is 13.6. The van der Waals surface area contributed by atoms with E-state index in [4.69, 9.17) is 4.74 Å². The molecular formula is C25H27ClN2O. The number of nitrogens with zero attached hydrogens (tertiary/aromatic N) is 2. The van der Waals surface area contributed by atoms with Gasteiger partial charge in [0.25, 0.3) is 5.76 Å². The molecule has 0 amide bonds. The van der Waals surface area contributed by atoms with Crippen LogP contribution in [0.2, 0.25) is 0 Å². The van der Waals surface area contributed by atoms with Crippen LogP contribution < -0.4 is 17.3 Å². The summed E-state index contributed by atoms with van der Waals surface area (Å²) in [5.41, 5.74) is 6.38. The number of allylic oxidation sites excluding steroid dienone is 4. The smallest absolute Gasteiger partial charge is 0.289 e. The Hall–Kier alpha value is -2.58. The van der Waals surface area contributed by atoms with E-state index >= 15 is 0 Å². The number of hydrogen-bond acceptors (Lipinski definition) is 3. The zero-order valence-electron chi connectivity index (χ0n) is 17.2. The van der Waals surface area contributed by atoms with Crippen LogP contribution in [-0.4, -0.2) is 39.2 Å². The number of rotatable bonds is 6. The summed E-state index contributed by atoms with van der Waals surface area (Å²) in [5.74, 6) is 1.09. The van der Waals surface area contributed by atoms with E-state index in [1.807, 2.05) is 6.08 Å². The summed E-state index contributed by atoms with van der Waals surface area (Å²) in [6.07, 6.45) is 8.76. The lowest BCUT2D eigenvalue weighted by atomic mass is 9.79. The highest BCUT2D eigenvalue weighted by molar-refractivity contribution is 5.69. The Morgan fingerprint density at radius 2 is 1.72 bits per heavy atom. The highest BCUT2D eigenvalue weighted by Crippen LogP contribution is 2.44. The van der Waals surface area contributed by atoms with Gasteiger partial charge in [0.1, 0.15) is 6.61 Å². The summed E-state index contributed by atoms with van der Waals surface area (Å²) in [6, 6.07) is 19.4. The summed E-state index contributed by atoms with van der Waals surface area (Å²) in [7, 11) is 6.25. The van der Waals surface area contributed by atoms with Crippen LogP contribution in [0.5, 0.6) is 0 Å². The summed E-state index contributed by atoms with van der Waals surface area (Å²) in [6.45, 7) is 1.55. The van der Waals surface area contributed by atoms with E-state index in [0.29, 0.717) is 6.61 Å². The van der Waals surface area contributed by atoms with E-state index in [-0.39, 0.29) is 18.3 Å². The van der Waals surface area contributed by atoms with Gasteiger partial charge in [-0.15, -0.1) is 0 Å². The summed E-state index contributed by atoms with van der Waals surface area (Å²) in [4.78, 5) is 4.40. The van der Waals surface area contributed by atoms with Crippen molar-refractivity contribution in [3.63, 3.8) is 0 Å². The zero-order valence-corrected chi connectivity index (χ0v) is 18.0. The maximum atomic E-state index is 5.99. The van der Waals surface area contributed by atoms with E-state index in [9.17, 15) is 0 Å². The van der Waals surface area contributed by atoms with Crippen LogP contribution >= 0.6 is 0 Å². The van der Waals surface area contributed by atoms with Crippen LogP contribution in [0.1, 0.15) is 17.0 Å². The Kier molecular flexibility index (Phi) is 6.76. The standard InChI is InChI=1S/C25H27N2O.ClH/c1-26(2)15-16-28-20-13-14-25-23(18-20)22(17-19-9-5-4-6-10-19)21-11-7-8-12-24(21)27(25)3;/h4-14,22H,15-17H2,1-3H3;1H/q+1;/p-1. The number of fused-ring (bicyclic) bond motifs is 1. The molecule has 2 aromatic carbocycles. The molecule has 1 aliphatic heterocycles. The average Bonchev–Trinajstić information content (AvgIpc) is 2.71. The Morgan fingerprint density at radius 3 is 2.48 bits per heavy atom. The minimum Gasteiger partial charge on any atom is -1.00 e. The van der Waals surface area contributed by atoms with Gasteiger partial charge in [0.15, 0.2) is 11.3 Å². The van der Waals surface area contributed by atoms with Crippen LogP contribution in [0.25, 0.3) is 0 Å². The van der Waals surface area contributed by atoms with Crippen LogP contribution in [0.15, 0.2) is 83.8 Å². The van der Waals surface area contributed by atoms with Gasteiger partial charge in [-0.05, 0) is 37.7 Å². The highest BCUT2D eigenvalue weighted by atomic mass is 35.5. The van der Waals surface area contributed by atoms with Gasteiger partial charge < -0.3 is 22.0 Å². The van der Waals surface area contributed by atoms with Crippen molar-refractivity contribution in [2.75, 3.05) is 39.2 Å². The number of likely N-dealkylation sites (N-methyl/N-ethyl adjacent to an activating group) is 2. The number of hydrogen-bond donors (Lipinski definition) is 0. The maximum absolute atomic E-state index is 5.99. The van der Waals surface area contributed by atoms with Crippen molar-refractivity contribution >= 4 is 5.69 Å². The van der Waals surface area contributed by atoms with Gasteiger partial charge in [-0.3, -0.25) is 4.90 Å². The molecule has 1 unspecified atom stereocenters. The van der Waals surface area contributed by atoms with E-state index in [1.54, 1.807) is 0 Å². The molecule has 1 aliphatic carbocycles. The van der Waals surface area contributed by atoms with E-state index < -0.39 is 0 Å². The van der Waals surface area contributed by atoms with E-state index in [0.717, 1.165) is 18.7 Å². The second-order valence-electron chi connectivity index (χ2n) is 7.63. The Labute approximate surface area is 180 Å². The fraction of sp³-hybridized carbons (Fsp3) is 0.280. The zero-order chi connectivity index (χ0) is 19.5. The number of para-hydroxylation sites is 1. The second kappa shape index (κ2) is 9.28. The van der Waals surface area contributed by atoms with Crippen LogP contribution in [0.4, 0.5) is 5.69 Å². The molecule has 2 aliphatic rings. The van der Waals surface area contributed by atoms with Crippen molar-refractivity contribution in [3.8, 4) is 0 Å². The number of halogens is 1. The predicted molar refractivity (Wildman–Crippen MR) is 115 cm³/mol. The van der Waals surface area contributed by atoms with Crippen molar-refractivity contribution < 1.29 is 17.1 Å². The third-order valence-corrected chi connectivity index (χ3v) is 5.39. The lowest BCUT2D eigenvalue weighted by molar-refractivity contribution is -0.00000647. The Morgan fingerprint density at radius 1 is 1.00 bits per heavy atom. The molecule has 150 valence electrons. The molecule has 0 N–H and O–H groups in total. The maximum Gasteiger partial charge on any atom is 0.289 e. The minimum atomic E-state index is 0. The lowest BCUT2D eigenvalue weighted by Gasteiger charge is -2.31. The van der Waals surface area contributed by atoms with Crippen molar-refractivity contribution in [3.05, 3.63) is 101 Å². The molecule has 4 heteroatoms. The van der Waals surface area contributed by atoms with Crippen molar-refractivity contribution in [1.82, 2.24) is 4.90 Å². The molecule has 0 aromatic heterocycles. The Bertz CT molecular complexity index is 931. The van der Waals surface area contributed by atoms with Crippen LogP contribution in [0, 0.1) is 6.08 Å². The molecule has 29 heavy (non-hydrogen) atoms. The van der Waals surface area contributed by atoms with Gasteiger partial charge >= 0.3 is 0 Å². The van der Waals surface area contributed by atoms with Crippen LogP contribution in [0.3, 0.4) is 0 Å².